The molecule has 1 heterocycles. The van der Waals surface area contributed by atoms with Gasteiger partial charge in [0.25, 0.3) is 5.78 Å². The zero-order valence-corrected chi connectivity index (χ0v) is 22.6. The number of carboxylic acids is 1. The van der Waals surface area contributed by atoms with Gasteiger partial charge in [-0.15, -0.1) is 0 Å². The van der Waals surface area contributed by atoms with Gasteiger partial charge in [0, 0.05) is 6.54 Å². The number of hydrogen-bond donors (Lipinski definition) is 3. The van der Waals surface area contributed by atoms with Crippen molar-refractivity contribution in [3.05, 3.63) is 0 Å². The van der Waals surface area contributed by atoms with E-state index in [4.69, 9.17) is 4.74 Å². The lowest BCUT2D eigenvalue weighted by Crippen LogP contribution is -2.60. The van der Waals surface area contributed by atoms with Gasteiger partial charge in [-0.1, -0.05) is 47.5 Å². The maximum atomic E-state index is 13.8. The third-order valence-corrected chi connectivity index (χ3v) is 7.64. The largest absolute Gasteiger partial charge is 0.475 e. The van der Waals surface area contributed by atoms with Crippen LogP contribution < -0.4 is 10.6 Å². The summed E-state index contributed by atoms with van der Waals surface area (Å²) in [6.45, 7) is 15.1. The van der Waals surface area contributed by atoms with Crippen molar-refractivity contribution < 1.29 is 33.8 Å². The van der Waals surface area contributed by atoms with Crippen LogP contribution in [0.15, 0.2) is 0 Å². The molecule has 0 bridgehead atoms. The van der Waals surface area contributed by atoms with E-state index in [0.717, 1.165) is 12.8 Å². The first-order chi connectivity index (χ1) is 16.3. The lowest BCUT2D eigenvalue weighted by molar-refractivity contribution is -0.151. The van der Waals surface area contributed by atoms with Crippen LogP contribution in [0.3, 0.4) is 0 Å². The average Bonchev–Trinajstić information content (AvgIpc) is 3.55. The number of aliphatic carboxylic acids is 1. The fraction of sp³-hybridized carbons (Fsp3) is 0.808. The number of hydrogen-bond acceptors (Lipinski definition) is 6. The molecule has 1 aliphatic heterocycles. The maximum absolute atomic E-state index is 13.8. The van der Waals surface area contributed by atoms with Gasteiger partial charge in [0.2, 0.25) is 11.8 Å². The van der Waals surface area contributed by atoms with Crippen LogP contribution in [0.2, 0.25) is 0 Å². The summed E-state index contributed by atoms with van der Waals surface area (Å²) in [6, 6.07) is -2.93. The second-order valence-electron chi connectivity index (χ2n) is 13.2. The first kappa shape index (κ1) is 27.9. The Labute approximate surface area is 212 Å². The highest BCUT2D eigenvalue weighted by molar-refractivity contribution is 6.35. The number of amides is 3. The van der Waals surface area contributed by atoms with Gasteiger partial charge in [-0.05, 0) is 55.8 Å². The molecule has 0 radical (unpaired) electrons. The summed E-state index contributed by atoms with van der Waals surface area (Å²) in [4.78, 5) is 65.1. The van der Waals surface area contributed by atoms with Gasteiger partial charge < -0.3 is 25.4 Å². The summed E-state index contributed by atoms with van der Waals surface area (Å²) in [6.07, 6.45) is 1.35. The van der Waals surface area contributed by atoms with E-state index >= 15 is 0 Å². The normalized spacial score (nSPS) is 26.3. The molecule has 10 nitrogen and oxygen atoms in total. The first-order valence-corrected chi connectivity index (χ1v) is 12.7. The average molecular weight is 508 g/mol. The second kappa shape index (κ2) is 9.34. The van der Waals surface area contributed by atoms with Crippen molar-refractivity contribution >= 4 is 29.7 Å². The molecule has 0 aromatic carbocycles. The Kier molecular flexibility index (Phi) is 7.24. The van der Waals surface area contributed by atoms with Crippen LogP contribution in [0.4, 0.5) is 4.79 Å². The SMILES string of the molecule is CC(C)(C)OC(=O)NC(C(=O)N1C[C@H]2C([C@H]1C(=O)NC(CC1CC1)C(=O)C(=O)O)C2(C)C)C(C)(C)C. The molecule has 2 saturated carbocycles. The molecule has 2 aliphatic carbocycles. The number of fused-ring (bicyclic) bond motifs is 1. The van der Waals surface area contributed by atoms with Crippen LogP contribution >= 0.6 is 0 Å². The highest BCUT2D eigenvalue weighted by atomic mass is 16.6. The second-order valence-corrected chi connectivity index (χ2v) is 13.2. The highest BCUT2D eigenvalue weighted by Crippen LogP contribution is 2.65. The molecule has 5 atom stereocenters. The third-order valence-electron chi connectivity index (χ3n) is 7.64. The number of piperidine rings is 1. The number of likely N-dealkylation sites (tertiary alicyclic amines) is 1. The number of rotatable bonds is 8. The van der Waals surface area contributed by atoms with Crippen molar-refractivity contribution in [2.75, 3.05) is 6.54 Å². The van der Waals surface area contributed by atoms with Crippen LogP contribution in [0.5, 0.6) is 0 Å². The molecule has 3 rings (SSSR count). The minimum absolute atomic E-state index is 0.0939. The van der Waals surface area contributed by atoms with Crippen LogP contribution in [0.1, 0.15) is 74.7 Å². The van der Waals surface area contributed by atoms with Crippen molar-refractivity contribution in [2.24, 2.45) is 28.6 Å². The number of carbonyl (C=O) groups is 5. The Morgan fingerprint density at radius 3 is 2.08 bits per heavy atom. The number of ketones is 1. The summed E-state index contributed by atoms with van der Waals surface area (Å²) in [7, 11) is 0. The summed E-state index contributed by atoms with van der Waals surface area (Å²) in [5, 5.41) is 14.6. The van der Waals surface area contributed by atoms with E-state index in [1.54, 1.807) is 20.8 Å². The van der Waals surface area contributed by atoms with Crippen molar-refractivity contribution in [2.45, 2.75) is 98.4 Å². The monoisotopic (exact) mass is 507 g/mol. The number of Topliss-reactive ketones (excluding diaryl/α,β-unsaturated/α-hetero) is 1. The van der Waals surface area contributed by atoms with Crippen molar-refractivity contribution in [1.82, 2.24) is 15.5 Å². The van der Waals surface area contributed by atoms with Crippen LogP contribution in [-0.4, -0.2) is 69.9 Å². The molecule has 0 aromatic rings. The minimum Gasteiger partial charge on any atom is -0.475 e. The molecule has 1 saturated heterocycles. The van der Waals surface area contributed by atoms with Gasteiger partial charge in [-0.25, -0.2) is 9.59 Å². The van der Waals surface area contributed by atoms with E-state index in [1.807, 2.05) is 34.6 Å². The van der Waals surface area contributed by atoms with E-state index < -0.39 is 58.8 Å². The lowest BCUT2D eigenvalue weighted by atomic mass is 9.85. The Bertz CT molecular complexity index is 942. The van der Waals surface area contributed by atoms with E-state index in [9.17, 15) is 29.1 Å². The van der Waals surface area contributed by atoms with Gasteiger partial charge >= 0.3 is 12.1 Å². The third kappa shape index (κ3) is 6.00. The Balaban J connectivity index is 1.83. The van der Waals surface area contributed by atoms with E-state index in [0.29, 0.717) is 6.54 Å². The molecule has 0 aromatic heterocycles. The van der Waals surface area contributed by atoms with Gasteiger partial charge in [0.1, 0.15) is 17.7 Å². The number of nitrogens with one attached hydrogen (secondary N) is 2. The Morgan fingerprint density at radius 2 is 1.61 bits per heavy atom. The fourth-order valence-electron chi connectivity index (χ4n) is 5.38. The van der Waals surface area contributed by atoms with Crippen LogP contribution in [0, 0.1) is 28.6 Å². The summed E-state index contributed by atoms with van der Waals surface area (Å²) in [5.74, 6) is -3.36. The fourth-order valence-corrected chi connectivity index (χ4v) is 5.38. The molecule has 3 unspecified atom stereocenters. The molecule has 3 N–H and O–H groups in total. The van der Waals surface area contributed by atoms with Crippen molar-refractivity contribution in [3.63, 3.8) is 0 Å². The van der Waals surface area contributed by atoms with Crippen LogP contribution in [-0.2, 0) is 23.9 Å². The van der Waals surface area contributed by atoms with E-state index in [1.165, 1.54) is 4.90 Å². The number of carbonyl (C=O) groups excluding carboxylic acids is 4. The molecule has 202 valence electrons. The van der Waals surface area contributed by atoms with Gasteiger partial charge in [-0.2, -0.15) is 0 Å². The molecular formula is C26H41N3O7. The predicted octanol–water partition coefficient (Wildman–Crippen LogP) is 2.35. The number of alkyl carbamates (subject to hydrolysis) is 1. The smallest absolute Gasteiger partial charge is 0.408 e. The summed E-state index contributed by atoms with van der Waals surface area (Å²) >= 11 is 0. The quantitative estimate of drug-likeness (QED) is 0.428. The summed E-state index contributed by atoms with van der Waals surface area (Å²) in [5.41, 5.74) is -1.59. The Morgan fingerprint density at radius 1 is 1.03 bits per heavy atom. The molecule has 36 heavy (non-hydrogen) atoms. The molecule has 0 spiro atoms. The molecule has 10 heteroatoms. The molecule has 3 aliphatic rings. The maximum Gasteiger partial charge on any atom is 0.408 e. The van der Waals surface area contributed by atoms with Gasteiger partial charge in [0.15, 0.2) is 0 Å². The van der Waals surface area contributed by atoms with Gasteiger partial charge in [-0.3, -0.25) is 14.4 Å². The molecule has 3 fully saturated rings. The molecular weight excluding hydrogens is 466 g/mol. The van der Waals surface area contributed by atoms with Crippen molar-refractivity contribution in [3.8, 4) is 0 Å². The van der Waals surface area contributed by atoms with E-state index in [2.05, 4.69) is 10.6 Å². The Hall–Kier alpha value is -2.65. The molecule has 3 amide bonds. The minimum atomic E-state index is -1.58. The summed E-state index contributed by atoms with van der Waals surface area (Å²) < 4.78 is 5.36. The number of ether oxygens (including phenoxy) is 1. The standard InChI is InChI=1S/C26H41N3O7/c1-24(2,3)19(28-23(35)36-25(4,5)6)21(32)29-12-14-16(26(14,7)8)17(29)20(31)27-15(11-13-9-10-13)18(30)22(33)34/h13-17,19H,9-12H2,1-8H3,(H,27,31)(H,28,35)(H,33,34)/t14-,15?,16?,17-,19?/m0/s1. The lowest BCUT2D eigenvalue weighted by Gasteiger charge is -2.38. The van der Waals surface area contributed by atoms with Gasteiger partial charge in [0.05, 0.1) is 6.04 Å². The number of carboxylic acid groups (broad SMARTS) is 1. The predicted molar refractivity (Wildman–Crippen MR) is 131 cm³/mol. The number of nitrogens with zero attached hydrogens (tertiary/aromatic N) is 1. The first-order valence-electron chi connectivity index (χ1n) is 12.7. The zero-order valence-electron chi connectivity index (χ0n) is 22.6. The highest BCUT2D eigenvalue weighted by Gasteiger charge is 2.70. The van der Waals surface area contributed by atoms with E-state index in [-0.39, 0.29) is 29.6 Å². The zero-order chi connectivity index (χ0) is 27.4. The van der Waals surface area contributed by atoms with Crippen LogP contribution in [0.25, 0.3) is 0 Å². The topological polar surface area (TPSA) is 142 Å². The van der Waals surface area contributed by atoms with Crippen molar-refractivity contribution in [1.29, 1.82) is 0 Å².